The van der Waals surface area contributed by atoms with Crippen LogP contribution >= 0.6 is 0 Å². The van der Waals surface area contributed by atoms with E-state index in [0.29, 0.717) is 0 Å². The van der Waals surface area contributed by atoms with Gasteiger partial charge in [0.15, 0.2) is 0 Å². The summed E-state index contributed by atoms with van der Waals surface area (Å²) in [5.41, 5.74) is 12.3. The summed E-state index contributed by atoms with van der Waals surface area (Å²) >= 11 is 0. The highest BCUT2D eigenvalue weighted by molar-refractivity contribution is 5.54. The maximum atomic E-state index is 7.05. The van der Waals surface area contributed by atoms with E-state index in [2.05, 4.69) is 151 Å². The van der Waals surface area contributed by atoms with E-state index in [0.717, 1.165) is 35.5 Å². The van der Waals surface area contributed by atoms with Crippen molar-refractivity contribution in [2.24, 2.45) is 4.99 Å². The summed E-state index contributed by atoms with van der Waals surface area (Å²) in [6.07, 6.45) is 5.64. The summed E-state index contributed by atoms with van der Waals surface area (Å²) in [5, 5.41) is 0. The number of ether oxygens (including phenoxy) is 1. The lowest BCUT2D eigenvalue weighted by Gasteiger charge is -2.43. The van der Waals surface area contributed by atoms with Crippen LogP contribution in [0.1, 0.15) is 79.5 Å². The molecule has 1 aromatic heterocycles. The van der Waals surface area contributed by atoms with Crippen molar-refractivity contribution in [1.29, 1.82) is 0 Å². The third kappa shape index (κ3) is 4.82. The molecule has 0 amide bonds. The fourth-order valence-corrected chi connectivity index (χ4v) is 7.18. The van der Waals surface area contributed by atoms with Gasteiger partial charge in [-0.25, -0.2) is 0 Å². The molecular weight excluding hydrogens is 516 g/mol. The van der Waals surface area contributed by atoms with E-state index in [1.807, 2.05) is 0 Å². The number of aryl methyl sites for hydroxylation is 7. The van der Waals surface area contributed by atoms with Gasteiger partial charge >= 0.3 is 0 Å². The molecule has 0 N–H and O–H groups in total. The maximum Gasteiger partial charge on any atom is 0.232 e. The zero-order valence-electron chi connectivity index (χ0n) is 27.5. The van der Waals surface area contributed by atoms with E-state index >= 15 is 0 Å². The topological polar surface area (TPSA) is 34.7 Å². The minimum Gasteiger partial charge on any atom is -0.330 e. The molecule has 0 saturated carbocycles. The molecule has 5 rings (SSSR count). The highest BCUT2D eigenvalue weighted by Gasteiger charge is 2.57. The van der Waals surface area contributed by atoms with E-state index in [1.165, 1.54) is 38.9 Å². The fourth-order valence-electron chi connectivity index (χ4n) is 7.18. The van der Waals surface area contributed by atoms with Gasteiger partial charge in [0, 0.05) is 18.1 Å². The van der Waals surface area contributed by atoms with Crippen molar-refractivity contribution < 1.29 is 4.74 Å². The number of benzene rings is 3. The zero-order chi connectivity index (χ0) is 30.6. The number of imidazole rings is 1. The minimum absolute atomic E-state index is 0.251. The molecule has 3 atom stereocenters. The number of hydrogen-bond donors (Lipinski definition) is 0. The Bertz CT molecular complexity index is 1570. The molecule has 1 aliphatic rings. The van der Waals surface area contributed by atoms with Crippen molar-refractivity contribution in [3.05, 3.63) is 105 Å². The molecule has 0 aliphatic carbocycles. The lowest BCUT2D eigenvalue weighted by Crippen LogP contribution is -2.55. The molecule has 1 saturated heterocycles. The monoisotopic (exact) mass is 564 g/mol. The van der Waals surface area contributed by atoms with E-state index in [-0.39, 0.29) is 11.1 Å². The molecule has 3 unspecified atom stereocenters. The van der Waals surface area contributed by atoms with E-state index in [1.54, 1.807) is 0 Å². The highest BCUT2D eigenvalue weighted by Crippen LogP contribution is 2.48. The lowest BCUT2D eigenvalue weighted by atomic mass is 9.78. The molecule has 0 spiro atoms. The Morgan fingerprint density at radius 3 is 1.52 bits per heavy atom. The highest BCUT2D eigenvalue weighted by atomic mass is 16.6. The molecule has 5 heteroatoms. The number of rotatable bonds is 6. The van der Waals surface area contributed by atoms with Crippen LogP contribution in [0.4, 0.5) is 5.69 Å². The summed E-state index contributed by atoms with van der Waals surface area (Å²) in [6.45, 7) is 24.3. The number of aromatic nitrogens is 2. The van der Waals surface area contributed by atoms with Crippen molar-refractivity contribution in [2.45, 2.75) is 106 Å². The Balaban J connectivity index is 1.85. The summed E-state index contributed by atoms with van der Waals surface area (Å²) in [5.74, 6) is 0. The Labute approximate surface area is 252 Å². The Morgan fingerprint density at radius 2 is 1.12 bits per heavy atom. The molecule has 4 aromatic rings. The van der Waals surface area contributed by atoms with Crippen LogP contribution in [0, 0.1) is 48.5 Å². The van der Waals surface area contributed by atoms with Gasteiger partial charge in [0.2, 0.25) is 12.0 Å². The van der Waals surface area contributed by atoms with Gasteiger partial charge in [0.25, 0.3) is 0 Å². The first-order valence-electron chi connectivity index (χ1n) is 15.4. The van der Waals surface area contributed by atoms with Crippen LogP contribution in [-0.2, 0) is 4.74 Å². The van der Waals surface area contributed by atoms with Crippen LogP contribution < -0.4 is 10.5 Å². The van der Waals surface area contributed by atoms with Crippen LogP contribution in [0.3, 0.4) is 0 Å². The van der Waals surface area contributed by atoms with Crippen molar-refractivity contribution in [1.82, 2.24) is 9.13 Å². The maximum absolute atomic E-state index is 7.05. The third-order valence-electron chi connectivity index (χ3n) is 9.71. The minimum atomic E-state index is -0.500. The van der Waals surface area contributed by atoms with Crippen molar-refractivity contribution in [3.63, 3.8) is 0 Å². The van der Waals surface area contributed by atoms with Crippen molar-refractivity contribution >= 4 is 5.69 Å². The van der Waals surface area contributed by atoms with E-state index in [9.17, 15) is 0 Å². The molecule has 2 heterocycles. The molecule has 42 heavy (non-hydrogen) atoms. The van der Waals surface area contributed by atoms with E-state index < -0.39 is 6.35 Å². The van der Waals surface area contributed by atoms with Crippen LogP contribution in [0.25, 0.3) is 11.4 Å². The number of hydrogen-bond acceptors (Lipinski definition) is 3. The zero-order valence-corrected chi connectivity index (χ0v) is 27.5. The van der Waals surface area contributed by atoms with Crippen LogP contribution in [0.5, 0.6) is 0 Å². The second kappa shape index (κ2) is 10.9. The third-order valence-corrected chi connectivity index (χ3v) is 9.71. The van der Waals surface area contributed by atoms with Gasteiger partial charge < -0.3 is 9.64 Å². The molecule has 1 fully saturated rings. The lowest BCUT2D eigenvalue weighted by molar-refractivity contribution is -0.0512. The summed E-state index contributed by atoms with van der Waals surface area (Å²) < 4.78 is 11.6. The molecule has 1 aliphatic heterocycles. The first kappa shape index (κ1) is 29.9. The van der Waals surface area contributed by atoms with Gasteiger partial charge in [-0.3, -0.25) is 9.13 Å². The summed E-state index contributed by atoms with van der Waals surface area (Å²) in [6, 6.07) is 17.8. The summed E-state index contributed by atoms with van der Waals surface area (Å²) in [7, 11) is 0. The molecule has 222 valence electrons. The van der Waals surface area contributed by atoms with Gasteiger partial charge in [-0.1, -0.05) is 66.9 Å². The van der Waals surface area contributed by atoms with Crippen LogP contribution in [0.2, 0.25) is 0 Å². The quantitative estimate of drug-likeness (QED) is 0.235. The Morgan fingerprint density at radius 1 is 0.667 bits per heavy atom. The van der Waals surface area contributed by atoms with Gasteiger partial charge in [-0.15, -0.1) is 0 Å². The molecule has 0 bridgehead atoms. The molecular formula is C37H48N4O. The molecule has 3 aromatic carbocycles. The predicted octanol–water partition coefficient (Wildman–Crippen LogP) is 8.49. The van der Waals surface area contributed by atoms with Gasteiger partial charge in [-0.2, -0.15) is 4.99 Å². The fraction of sp³-hybridized carbons (Fsp3) is 0.432. The van der Waals surface area contributed by atoms with Crippen molar-refractivity contribution in [3.8, 4) is 11.4 Å². The van der Waals surface area contributed by atoms with Crippen LogP contribution in [-0.4, -0.2) is 26.6 Å². The first-order valence-corrected chi connectivity index (χ1v) is 15.4. The number of anilines is 1. The first-order chi connectivity index (χ1) is 19.8. The Hall–Kier alpha value is -3.57. The average molecular weight is 565 g/mol. The number of nitrogens with zero attached hydrogens (tertiary/aromatic N) is 4. The molecule has 0 radical (unpaired) electrons. The second-order valence-corrected chi connectivity index (χ2v) is 12.8. The smallest absolute Gasteiger partial charge is 0.232 e. The van der Waals surface area contributed by atoms with Crippen molar-refractivity contribution in [2.75, 3.05) is 4.90 Å². The normalized spacial score (nSPS) is 22.2. The van der Waals surface area contributed by atoms with Gasteiger partial charge in [0.05, 0.1) is 22.5 Å². The average Bonchev–Trinajstić information content (AvgIpc) is 3.40. The standard InChI is InChI=1S/C37H48N4O/c1-12-36(10)37(11,13-2)42-35(41(36)31-16-14-24(3)15-17-31)38-34-39(32-27(6)20-25(4)21-28(32)7)18-19-40(34)33-29(8)22-26(5)23-30(33)9/h14-23,35H,12-13H2,1-11H3. The predicted molar refractivity (Wildman–Crippen MR) is 175 cm³/mol. The second-order valence-electron chi connectivity index (χ2n) is 12.8. The van der Waals surface area contributed by atoms with Crippen LogP contribution in [0.15, 0.2) is 65.9 Å². The SMILES string of the molecule is CCC1(C)OC(N=c2n(-c3c(C)cc(C)cc3C)ccn2-c2c(C)cc(C)cc2C)N(c2ccc(C)cc2)C1(C)CC. The Kier molecular flexibility index (Phi) is 7.78. The van der Waals surface area contributed by atoms with E-state index in [4.69, 9.17) is 9.73 Å². The largest absolute Gasteiger partial charge is 0.330 e. The van der Waals surface area contributed by atoms with Gasteiger partial charge in [0.1, 0.15) is 0 Å². The molecule has 5 nitrogen and oxygen atoms in total. The summed E-state index contributed by atoms with van der Waals surface area (Å²) in [4.78, 5) is 7.99. The van der Waals surface area contributed by atoms with Gasteiger partial charge in [-0.05, 0) is 110 Å².